The lowest BCUT2D eigenvalue weighted by molar-refractivity contribution is -0.127. The Kier molecular flexibility index (Phi) is 6.02. The van der Waals surface area contributed by atoms with E-state index in [2.05, 4.69) is 33.0 Å². The lowest BCUT2D eigenvalue weighted by Gasteiger charge is -2.35. The standard InChI is InChI=1S/C16H32N2O2/c1-12-5-7-16(20,8-6-12)11-18-14(19)13(10-17)9-15(2,3)4/h12-13,20H,5-11,17H2,1-4H3,(H,18,19). The number of nitrogens with one attached hydrogen (secondary N) is 1. The van der Waals surface area contributed by atoms with Crippen LogP contribution < -0.4 is 11.1 Å². The number of aliphatic hydroxyl groups is 1. The average molecular weight is 284 g/mol. The van der Waals surface area contributed by atoms with E-state index in [1.54, 1.807) is 0 Å². The van der Waals surface area contributed by atoms with Crippen LogP contribution in [0.5, 0.6) is 0 Å². The molecule has 0 aromatic heterocycles. The molecule has 20 heavy (non-hydrogen) atoms. The van der Waals surface area contributed by atoms with Crippen LogP contribution in [-0.4, -0.2) is 29.7 Å². The normalized spacial score (nSPS) is 29.0. The molecule has 1 amide bonds. The predicted octanol–water partition coefficient (Wildman–Crippen LogP) is 2.05. The maximum absolute atomic E-state index is 12.2. The van der Waals surface area contributed by atoms with Crippen LogP contribution in [0.2, 0.25) is 0 Å². The van der Waals surface area contributed by atoms with E-state index in [1.807, 2.05) is 0 Å². The molecule has 0 bridgehead atoms. The molecule has 0 radical (unpaired) electrons. The van der Waals surface area contributed by atoms with Gasteiger partial charge in [-0.25, -0.2) is 0 Å². The molecule has 0 aromatic carbocycles. The molecule has 1 fully saturated rings. The Balaban J connectivity index is 2.45. The highest BCUT2D eigenvalue weighted by Crippen LogP contribution is 2.31. The highest BCUT2D eigenvalue weighted by atomic mass is 16.3. The third-order valence-electron chi connectivity index (χ3n) is 4.31. The van der Waals surface area contributed by atoms with Gasteiger partial charge < -0.3 is 16.2 Å². The molecule has 0 aliphatic heterocycles. The summed E-state index contributed by atoms with van der Waals surface area (Å²) in [6.45, 7) is 9.26. The zero-order valence-electron chi connectivity index (χ0n) is 13.5. The highest BCUT2D eigenvalue weighted by Gasteiger charge is 2.33. The van der Waals surface area contributed by atoms with Crippen molar-refractivity contribution in [2.24, 2.45) is 23.0 Å². The van der Waals surface area contributed by atoms with Crippen molar-refractivity contribution in [1.82, 2.24) is 5.32 Å². The summed E-state index contributed by atoms with van der Waals surface area (Å²) in [7, 11) is 0. The van der Waals surface area contributed by atoms with Crippen LogP contribution in [-0.2, 0) is 4.79 Å². The van der Waals surface area contributed by atoms with Gasteiger partial charge in [0.15, 0.2) is 0 Å². The number of carbonyl (C=O) groups excluding carboxylic acids is 1. The third kappa shape index (κ3) is 5.80. The van der Waals surface area contributed by atoms with Gasteiger partial charge in [-0.3, -0.25) is 4.79 Å². The molecule has 1 aliphatic carbocycles. The van der Waals surface area contributed by atoms with Gasteiger partial charge in [-0.1, -0.05) is 27.7 Å². The van der Waals surface area contributed by atoms with Crippen LogP contribution in [0.15, 0.2) is 0 Å². The fourth-order valence-corrected chi connectivity index (χ4v) is 2.89. The second-order valence-corrected chi connectivity index (χ2v) is 7.82. The molecule has 0 aromatic rings. The Labute approximate surface area is 123 Å². The molecule has 1 atom stereocenters. The molecule has 4 nitrogen and oxygen atoms in total. The zero-order chi connectivity index (χ0) is 15.4. The van der Waals surface area contributed by atoms with Crippen molar-refractivity contribution in [2.45, 2.75) is 65.4 Å². The number of rotatable bonds is 5. The first-order valence-electron chi connectivity index (χ1n) is 7.85. The minimum absolute atomic E-state index is 0.0190. The molecule has 1 unspecified atom stereocenters. The first-order valence-corrected chi connectivity index (χ1v) is 7.85. The zero-order valence-corrected chi connectivity index (χ0v) is 13.5. The minimum atomic E-state index is -0.719. The van der Waals surface area contributed by atoms with Gasteiger partial charge in [0.25, 0.3) is 0 Å². The monoisotopic (exact) mass is 284 g/mol. The van der Waals surface area contributed by atoms with E-state index in [0.717, 1.165) is 32.1 Å². The molecule has 1 saturated carbocycles. The smallest absolute Gasteiger partial charge is 0.224 e. The van der Waals surface area contributed by atoms with Gasteiger partial charge in [0.05, 0.1) is 11.5 Å². The summed E-state index contributed by atoms with van der Waals surface area (Å²) in [6.07, 6.45) is 4.40. The van der Waals surface area contributed by atoms with Gasteiger partial charge in [-0.2, -0.15) is 0 Å². The summed E-state index contributed by atoms with van der Waals surface area (Å²) >= 11 is 0. The van der Waals surface area contributed by atoms with Gasteiger partial charge in [0.1, 0.15) is 0 Å². The summed E-state index contributed by atoms with van der Waals surface area (Å²) in [5, 5.41) is 13.4. The molecule has 118 valence electrons. The number of hydrogen-bond acceptors (Lipinski definition) is 3. The fourth-order valence-electron chi connectivity index (χ4n) is 2.89. The Hall–Kier alpha value is -0.610. The van der Waals surface area contributed by atoms with Gasteiger partial charge in [-0.05, 0) is 43.4 Å². The van der Waals surface area contributed by atoms with Gasteiger partial charge in [0.2, 0.25) is 5.91 Å². The van der Waals surface area contributed by atoms with Crippen molar-refractivity contribution in [1.29, 1.82) is 0 Å². The van der Waals surface area contributed by atoms with Crippen LogP contribution in [0.3, 0.4) is 0 Å². The Bertz CT molecular complexity index is 315. The van der Waals surface area contributed by atoms with Crippen LogP contribution in [0, 0.1) is 17.3 Å². The maximum Gasteiger partial charge on any atom is 0.224 e. The van der Waals surface area contributed by atoms with E-state index >= 15 is 0 Å². The van der Waals surface area contributed by atoms with Crippen molar-refractivity contribution < 1.29 is 9.90 Å². The molecule has 1 aliphatic rings. The second-order valence-electron chi connectivity index (χ2n) is 7.82. The topological polar surface area (TPSA) is 75.3 Å². The lowest BCUT2D eigenvalue weighted by atomic mass is 9.79. The summed E-state index contributed by atoms with van der Waals surface area (Å²) < 4.78 is 0. The van der Waals surface area contributed by atoms with E-state index < -0.39 is 5.60 Å². The fraction of sp³-hybridized carbons (Fsp3) is 0.938. The number of nitrogens with two attached hydrogens (primary N) is 1. The van der Waals surface area contributed by atoms with Crippen molar-refractivity contribution >= 4 is 5.91 Å². The summed E-state index contributed by atoms with van der Waals surface area (Å²) in [5.74, 6) is 0.499. The van der Waals surface area contributed by atoms with E-state index in [1.165, 1.54) is 0 Å². The van der Waals surface area contributed by atoms with Crippen molar-refractivity contribution in [3.63, 3.8) is 0 Å². The molecule has 0 spiro atoms. The Morgan fingerprint density at radius 1 is 1.40 bits per heavy atom. The Morgan fingerprint density at radius 2 is 1.95 bits per heavy atom. The van der Waals surface area contributed by atoms with E-state index in [9.17, 15) is 9.90 Å². The van der Waals surface area contributed by atoms with E-state index in [-0.39, 0.29) is 17.2 Å². The first-order chi connectivity index (χ1) is 9.15. The molecule has 4 N–H and O–H groups in total. The largest absolute Gasteiger partial charge is 0.388 e. The summed E-state index contributed by atoms with van der Waals surface area (Å²) in [4.78, 5) is 12.2. The minimum Gasteiger partial charge on any atom is -0.388 e. The van der Waals surface area contributed by atoms with Crippen molar-refractivity contribution in [3.8, 4) is 0 Å². The summed E-state index contributed by atoms with van der Waals surface area (Å²) in [6, 6.07) is 0. The SMILES string of the molecule is CC1CCC(O)(CNC(=O)C(CN)CC(C)(C)C)CC1. The third-order valence-corrected chi connectivity index (χ3v) is 4.31. The van der Waals surface area contributed by atoms with E-state index in [0.29, 0.717) is 19.0 Å². The molecule has 0 heterocycles. The van der Waals surface area contributed by atoms with Crippen LogP contribution in [0.25, 0.3) is 0 Å². The predicted molar refractivity (Wildman–Crippen MR) is 82.2 cm³/mol. The quantitative estimate of drug-likeness (QED) is 0.723. The van der Waals surface area contributed by atoms with Crippen LogP contribution in [0.1, 0.15) is 59.8 Å². The molecule has 0 saturated heterocycles. The molecule has 1 rings (SSSR count). The molecule has 4 heteroatoms. The van der Waals surface area contributed by atoms with Gasteiger partial charge in [0, 0.05) is 13.1 Å². The van der Waals surface area contributed by atoms with Crippen molar-refractivity contribution in [3.05, 3.63) is 0 Å². The average Bonchev–Trinajstić information content (AvgIpc) is 2.36. The highest BCUT2D eigenvalue weighted by molar-refractivity contribution is 5.79. The van der Waals surface area contributed by atoms with Gasteiger partial charge in [-0.15, -0.1) is 0 Å². The van der Waals surface area contributed by atoms with Crippen LogP contribution in [0.4, 0.5) is 0 Å². The van der Waals surface area contributed by atoms with Crippen LogP contribution >= 0.6 is 0 Å². The van der Waals surface area contributed by atoms with E-state index in [4.69, 9.17) is 5.73 Å². The molecular formula is C16H32N2O2. The second kappa shape index (κ2) is 6.90. The summed E-state index contributed by atoms with van der Waals surface area (Å²) in [5.41, 5.74) is 5.08. The number of amides is 1. The number of hydrogen-bond donors (Lipinski definition) is 3. The van der Waals surface area contributed by atoms with Crippen molar-refractivity contribution in [2.75, 3.05) is 13.1 Å². The maximum atomic E-state index is 12.2. The first kappa shape index (κ1) is 17.4. The number of carbonyl (C=O) groups is 1. The lowest BCUT2D eigenvalue weighted by Crippen LogP contribution is -2.47. The molecular weight excluding hydrogens is 252 g/mol. The van der Waals surface area contributed by atoms with Gasteiger partial charge >= 0.3 is 0 Å². The Morgan fingerprint density at radius 3 is 2.40 bits per heavy atom.